The van der Waals surface area contributed by atoms with Crippen molar-refractivity contribution in [3.05, 3.63) is 42.5 Å². The van der Waals surface area contributed by atoms with Crippen LogP contribution in [0.3, 0.4) is 0 Å². The summed E-state index contributed by atoms with van der Waals surface area (Å²) in [5, 5.41) is 2.11. The topological polar surface area (TPSA) is 48.0 Å². The van der Waals surface area contributed by atoms with Crippen LogP contribution in [-0.4, -0.2) is 56.9 Å². The molecule has 5 heteroatoms. The van der Waals surface area contributed by atoms with Crippen LogP contribution in [0.25, 0.3) is 10.8 Å². The summed E-state index contributed by atoms with van der Waals surface area (Å²) in [4.78, 5) is 14.4. The van der Waals surface area contributed by atoms with E-state index in [1.165, 1.54) is 0 Å². The van der Waals surface area contributed by atoms with Crippen molar-refractivity contribution < 1.29 is 19.0 Å². The summed E-state index contributed by atoms with van der Waals surface area (Å²) >= 11 is 0. The number of amides is 1. The van der Waals surface area contributed by atoms with Crippen LogP contribution in [-0.2, 0) is 14.3 Å². The van der Waals surface area contributed by atoms with Crippen molar-refractivity contribution >= 4 is 16.7 Å². The van der Waals surface area contributed by atoms with Crippen LogP contribution in [0, 0.1) is 0 Å². The molecule has 2 aromatic rings. The van der Waals surface area contributed by atoms with E-state index in [2.05, 4.69) is 0 Å². The summed E-state index contributed by atoms with van der Waals surface area (Å²) in [5.74, 6) is 0.691. The molecule has 1 heterocycles. The predicted molar refractivity (Wildman–Crippen MR) is 92.2 cm³/mol. The summed E-state index contributed by atoms with van der Waals surface area (Å²) in [6.07, 6.45) is 0.858. The number of likely N-dealkylation sites (tertiary alicyclic amines) is 1. The Bertz CT molecular complexity index is 697. The van der Waals surface area contributed by atoms with E-state index in [0.29, 0.717) is 13.2 Å². The zero-order valence-electron chi connectivity index (χ0n) is 14.1. The SMILES string of the molecule is COC[C@@H]1C[C@@H](OC)CN1C(=O)COc1cccc2ccccc12. The molecular formula is C19H23NO4. The standard InChI is InChI=1S/C19H23NO4/c1-22-12-15-10-16(23-2)11-20(15)19(21)13-24-18-9-5-7-14-6-3-4-8-17(14)18/h3-9,15-16H,10-13H2,1-2H3/t15-,16+/m0/s1. The normalized spacial score (nSPS) is 20.5. The molecule has 3 rings (SSSR count). The highest BCUT2D eigenvalue weighted by Gasteiger charge is 2.35. The Kier molecular flexibility index (Phi) is 5.33. The van der Waals surface area contributed by atoms with Crippen LogP contribution in [0.15, 0.2) is 42.5 Å². The lowest BCUT2D eigenvalue weighted by Crippen LogP contribution is -2.41. The van der Waals surface area contributed by atoms with Crippen LogP contribution in [0.5, 0.6) is 5.75 Å². The fraction of sp³-hybridized carbons (Fsp3) is 0.421. The lowest BCUT2D eigenvalue weighted by atomic mass is 10.1. The minimum Gasteiger partial charge on any atom is -0.483 e. The zero-order chi connectivity index (χ0) is 16.9. The molecule has 1 amide bonds. The molecule has 1 aliphatic rings. The molecule has 0 N–H and O–H groups in total. The highest BCUT2D eigenvalue weighted by Crippen LogP contribution is 2.26. The minimum absolute atomic E-state index is 0.0185. The number of fused-ring (bicyclic) bond motifs is 1. The second-order valence-corrected chi connectivity index (χ2v) is 6.01. The molecule has 0 bridgehead atoms. The molecule has 0 saturated carbocycles. The summed E-state index contributed by atoms with van der Waals surface area (Å²) in [6, 6.07) is 13.9. The number of nitrogens with zero attached hydrogens (tertiary/aromatic N) is 1. The van der Waals surface area contributed by atoms with Crippen molar-refractivity contribution in [2.75, 3.05) is 34.0 Å². The Morgan fingerprint density at radius 3 is 2.75 bits per heavy atom. The summed E-state index contributed by atoms with van der Waals surface area (Å²) in [7, 11) is 3.32. The first-order valence-electron chi connectivity index (χ1n) is 8.14. The van der Waals surface area contributed by atoms with Crippen LogP contribution >= 0.6 is 0 Å². The van der Waals surface area contributed by atoms with Crippen molar-refractivity contribution in [1.29, 1.82) is 0 Å². The largest absolute Gasteiger partial charge is 0.483 e. The number of ether oxygens (including phenoxy) is 3. The molecule has 1 fully saturated rings. The Hall–Kier alpha value is -2.11. The maximum atomic E-state index is 12.6. The Morgan fingerprint density at radius 2 is 1.96 bits per heavy atom. The number of methoxy groups -OCH3 is 2. The van der Waals surface area contributed by atoms with Crippen molar-refractivity contribution in [3.63, 3.8) is 0 Å². The maximum absolute atomic E-state index is 12.6. The van der Waals surface area contributed by atoms with E-state index in [-0.39, 0.29) is 24.7 Å². The van der Waals surface area contributed by atoms with Gasteiger partial charge in [-0.1, -0.05) is 36.4 Å². The lowest BCUT2D eigenvalue weighted by molar-refractivity contribution is -0.135. The molecule has 0 radical (unpaired) electrons. The molecule has 5 nitrogen and oxygen atoms in total. The number of benzene rings is 2. The van der Waals surface area contributed by atoms with Gasteiger partial charge in [-0.2, -0.15) is 0 Å². The maximum Gasteiger partial charge on any atom is 0.260 e. The van der Waals surface area contributed by atoms with E-state index in [9.17, 15) is 4.79 Å². The number of carbonyl (C=O) groups is 1. The number of hydrogen-bond donors (Lipinski definition) is 0. The van der Waals surface area contributed by atoms with Gasteiger partial charge in [-0.25, -0.2) is 0 Å². The van der Waals surface area contributed by atoms with Gasteiger partial charge in [0.05, 0.1) is 18.8 Å². The van der Waals surface area contributed by atoms with Crippen molar-refractivity contribution in [1.82, 2.24) is 4.90 Å². The zero-order valence-corrected chi connectivity index (χ0v) is 14.1. The second kappa shape index (κ2) is 7.64. The first kappa shape index (κ1) is 16.7. The van der Waals surface area contributed by atoms with Gasteiger partial charge in [0, 0.05) is 26.2 Å². The van der Waals surface area contributed by atoms with Gasteiger partial charge in [0.15, 0.2) is 6.61 Å². The predicted octanol–water partition coefficient (Wildman–Crippen LogP) is 2.48. The monoisotopic (exact) mass is 329 g/mol. The average Bonchev–Trinajstić information content (AvgIpc) is 3.03. The van der Waals surface area contributed by atoms with E-state index >= 15 is 0 Å². The third-order valence-electron chi connectivity index (χ3n) is 4.49. The smallest absolute Gasteiger partial charge is 0.260 e. The van der Waals surface area contributed by atoms with Crippen LogP contribution in [0.1, 0.15) is 6.42 Å². The van der Waals surface area contributed by atoms with E-state index in [0.717, 1.165) is 22.9 Å². The number of hydrogen-bond acceptors (Lipinski definition) is 4. The molecular weight excluding hydrogens is 306 g/mol. The van der Waals surface area contributed by atoms with Gasteiger partial charge in [-0.15, -0.1) is 0 Å². The van der Waals surface area contributed by atoms with E-state index in [1.807, 2.05) is 47.4 Å². The molecule has 1 saturated heterocycles. The van der Waals surface area contributed by atoms with E-state index in [1.54, 1.807) is 14.2 Å². The fourth-order valence-electron chi connectivity index (χ4n) is 3.24. The molecule has 0 unspecified atom stereocenters. The number of carbonyl (C=O) groups excluding carboxylic acids is 1. The molecule has 0 aliphatic carbocycles. The van der Waals surface area contributed by atoms with Crippen LogP contribution in [0.4, 0.5) is 0 Å². The first-order valence-corrected chi connectivity index (χ1v) is 8.14. The van der Waals surface area contributed by atoms with Gasteiger partial charge in [0.25, 0.3) is 5.91 Å². The van der Waals surface area contributed by atoms with E-state index in [4.69, 9.17) is 14.2 Å². The highest BCUT2D eigenvalue weighted by atomic mass is 16.5. The van der Waals surface area contributed by atoms with Gasteiger partial charge >= 0.3 is 0 Å². The average molecular weight is 329 g/mol. The Labute approximate surface area is 142 Å². The van der Waals surface area contributed by atoms with Gasteiger partial charge < -0.3 is 19.1 Å². The van der Waals surface area contributed by atoms with Gasteiger partial charge in [0.2, 0.25) is 0 Å². The molecule has 2 atom stereocenters. The quantitative estimate of drug-likeness (QED) is 0.817. The molecule has 1 aliphatic heterocycles. The van der Waals surface area contributed by atoms with Crippen molar-refractivity contribution in [2.45, 2.75) is 18.6 Å². The Balaban J connectivity index is 1.68. The van der Waals surface area contributed by atoms with Gasteiger partial charge in [0.1, 0.15) is 5.75 Å². The van der Waals surface area contributed by atoms with Gasteiger partial charge in [-0.05, 0) is 17.9 Å². The van der Waals surface area contributed by atoms with Crippen LogP contribution in [0.2, 0.25) is 0 Å². The van der Waals surface area contributed by atoms with Crippen molar-refractivity contribution in [2.24, 2.45) is 0 Å². The fourth-order valence-corrected chi connectivity index (χ4v) is 3.24. The summed E-state index contributed by atoms with van der Waals surface area (Å²) in [6.45, 7) is 1.12. The summed E-state index contributed by atoms with van der Waals surface area (Å²) < 4.78 is 16.4. The number of rotatable bonds is 6. The van der Waals surface area contributed by atoms with Crippen molar-refractivity contribution in [3.8, 4) is 5.75 Å². The lowest BCUT2D eigenvalue weighted by Gasteiger charge is -2.24. The first-order chi connectivity index (χ1) is 11.7. The molecule has 2 aromatic carbocycles. The molecule has 128 valence electrons. The van der Waals surface area contributed by atoms with E-state index < -0.39 is 0 Å². The Morgan fingerprint density at radius 1 is 1.17 bits per heavy atom. The van der Waals surface area contributed by atoms with Crippen LogP contribution < -0.4 is 4.74 Å². The third-order valence-corrected chi connectivity index (χ3v) is 4.49. The summed E-state index contributed by atoms with van der Waals surface area (Å²) in [5.41, 5.74) is 0. The highest BCUT2D eigenvalue weighted by molar-refractivity contribution is 5.88. The third kappa shape index (κ3) is 3.52. The minimum atomic E-state index is -0.0375. The second-order valence-electron chi connectivity index (χ2n) is 6.01. The molecule has 0 aromatic heterocycles. The molecule has 24 heavy (non-hydrogen) atoms. The van der Waals surface area contributed by atoms with Gasteiger partial charge in [-0.3, -0.25) is 4.79 Å². The molecule has 0 spiro atoms.